The molecule has 3 unspecified atom stereocenters. The first-order valence-corrected chi connectivity index (χ1v) is 11.1. The number of esters is 1. The van der Waals surface area contributed by atoms with Gasteiger partial charge in [0, 0.05) is 19.1 Å². The van der Waals surface area contributed by atoms with Crippen LogP contribution < -0.4 is 5.32 Å². The van der Waals surface area contributed by atoms with Crippen LogP contribution in [0, 0.1) is 11.8 Å². The number of carbonyl (C=O) groups is 2. The van der Waals surface area contributed by atoms with E-state index in [1.54, 1.807) is 0 Å². The third kappa shape index (κ3) is 5.54. The summed E-state index contributed by atoms with van der Waals surface area (Å²) in [7, 11) is -3.60. The van der Waals surface area contributed by atoms with E-state index in [4.69, 9.17) is 4.74 Å². The summed E-state index contributed by atoms with van der Waals surface area (Å²) < 4.78 is 32.4. The molecule has 28 heavy (non-hydrogen) atoms. The second-order valence-electron chi connectivity index (χ2n) is 8.00. The van der Waals surface area contributed by atoms with Crippen molar-refractivity contribution in [2.45, 2.75) is 58.1 Å². The Kier molecular flexibility index (Phi) is 7.22. The van der Waals surface area contributed by atoms with Crippen molar-refractivity contribution in [3.63, 3.8) is 0 Å². The molecule has 1 heterocycles. The third-order valence-corrected chi connectivity index (χ3v) is 6.49. The summed E-state index contributed by atoms with van der Waals surface area (Å²) in [6.07, 6.45) is 0.0777. The molecule has 0 saturated carbocycles. The summed E-state index contributed by atoms with van der Waals surface area (Å²) >= 11 is 0. The Bertz CT molecular complexity index is 794. The highest BCUT2D eigenvalue weighted by atomic mass is 32.2. The number of nitrogens with zero attached hydrogens (tertiary/aromatic N) is 1. The number of benzene rings is 1. The highest BCUT2D eigenvalue weighted by Gasteiger charge is 2.31. The van der Waals surface area contributed by atoms with Gasteiger partial charge in [0.15, 0.2) is 6.10 Å². The van der Waals surface area contributed by atoms with Crippen LogP contribution in [0.15, 0.2) is 29.2 Å². The van der Waals surface area contributed by atoms with Crippen molar-refractivity contribution in [1.82, 2.24) is 9.62 Å². The van der Waals surface area contributed by atoms with E-state index < -0.39 is 22.1 Å². The number of nitrogens with one attached hydrogen (secondary N) is 1. The first-order valence-electron chi connectivity index (χ1n) is 9.62. The fraction of sp³-hybridized carbons (Fsp3) is 0.600. The monoisotopic (exact) mass is 410 g/mol. The minimum atomic E-state index is -3.60. The molecular weight excluding hydrogens is 380 g/mol. The molecule has 1 amide bonds. The number of ether oxygens (including phenoxy) is 1. The van der Waals surface area contributed by atoms with Gasteiger partial charge in [0.05, 0.1) is 10.5 Å². The van der Waals surface area contributed by atoms with Crippen LogP contribution >= 0.6 is 0 Å². The van der Waals surface area contributed by atoms with E-state index in [-0.39, 0.29) is 22.4 Å². The lowest BCUT2D eigenvalue weighted by atomic mass is 9.94. The summed E-state index contributed by atoms with van der Waals surface area (Å²) in [6.45, 7) is 10.2. The predicted octanol–water partition coefficient (Wildman–Crippen LogP) is 2.42. The molecule has 0 aliphatic carbocycles. The van der Waals surface area contributed by atoms with Crippen LogP contribution in [0.25, 0.3) is 0 Å². The molecule has 1 aromatic carbocycles. The molecule has 0 bridgehead atoms. The van der Waals surface area contributed by atoms with Gasteiger partial charge in [-0.25, -0.2) is 13.2 Å². The average molecular weight is 411 g/mol. The number of hydrogen-bond acceptors (Lipinski definition) is 5. The molecule has 2 rings (SSSR count). The molecule has 1 aliphatic rings. The highest BCUT2D eigenvalue weighted by Crippen LogP contribution is 2.26. The molecule has 156 valence electrons. The first kappa shape index (κ1) is 22.4. The van der Waals surface area contributed by atoms with Gasteiger partial charge in [0.2, 0.25) is 10.0 Å². The number of amides is 1. The van der Waals surface area contributed by atoms with Gasteiger partial charge in [-0.15, -0.1) is 0 Å². The van der Waals surface area contributed by atoms with E-state index >= 15 is 0 Å². The minimum absolute atomic E-state index is 0.0571. The number of carbonyl (C=O) groups excluding carboxylic acids is 2. The molecule has 1 N–H and O–H groups in total. The Morgan fingerprint density at radius 2 is 1.61 bits per heavy atom. The lowest BCUT2D eigenvalue weighted by molar-refractivity contribution is -0.129. The van der Waals surface area contributed by atoms with Gasteiger partial charge in [-0.2, -0.15) is 4.31 Å². The molecule has 1 aliphatic heterocycles. The van der Waals surface area contributed by atoms with E-state index in [1.165, 1.54) is 35.5 Å². The number of rotatable bonds is 6. The van der Waals surface area contributed by atoms with Gasteiger partial charge in [0.1, 0.15) is 0 Å². The van der Waals surface area contributed by atoms with Gasteiger partial charge in [-0.1, -0.05) is 13.8 Å². The maximum absolute atomic E-state index is 12.9. The first-order chi connectivity index (χ1) is 13.0. The summed E-state index contributed by atoms with van der Waals surface area (Å²) in [6, 6.07) is 5.60. The topological polar surface area (TPSA) is 92.8 Å². The van der Waals surface area contributed by atoms with Gasteiger partial charge < -0.3 is 10.1 Å². The van der Waals surface area contributed by atoms with Crippen LogP contribution in [0.1, 0.15) is 51.4 Å². The zero-order valence-corrected chi connectivity index (χ0v) is 18.0. The minimum Gasteiger partial charge on any atom is -0.449 e. The Balaban J connectivity index is 2.08. The van der Waals surface area contributed by atoms with Crippen molar-refractivity contribution >= 4 is 21.9 Å². The van der Waals surface area contributed by atoms with E-state index in [0.717, 1.165) is 6.42 Å². The van der Waals surface area contributed by atoms with Gasteiger partial charge in [0.25, 0.3) is 5.91 Å². The second kappa shape index (κ2) is 9.05. The van der Waals surface area contributed by atoms with Gasteiger partial charge in [-0.05, 0) is 63.3 Å². The van der Waals surface area contributed by atoms with Crippen LogP contribution in [0.2, 0.25) is 0 Å². The van der Waals surface area contributed by atoms with E-state index in [1.807, 2.05) is 27.7 Å². The van der Waals surface area contributed by atoms with Crippen LogP contribution in [-0.4, -0.2) is 49.8 Å². The smallest absolute Gasteiger partial charge is 0.338 e. The summed E-state index contributed by atoms with van der Waals surface area (Å²) in [5.41, 5.74) is 0.198. The third-order valence-electron chi connectivity index (χ3n) is 4.65. The van der Waals surface area contributed by atoms with Crippen molar-refractivity contribution in [3.05, 3.63) is 29.8 Å². The Hall–Kier alpha value is -1.93. The molecule has 7 nitrogen and oxygen atoms in total. The number of sulfonamides is 1. The Morgan fingerprint density at radius 1 is 1.07 bits per heavy atom. The second-order valence-corrected chi connectivity index (χ2v) is 9.94. The van der Waals surface area contributed by atoms with Crippen molar-refractivity contribution < 1.29 is 22.7 Å². The van der Waals surface area contributed by atoms with Crippen molar-refractivity contribution in [1.29, 1.82) is 0 Å². The molecule has 1 aromatic rings. The van der Waals surface area contributed by atoms with E-state index in [9.17, 15) is 18.0 Å². The number of hydrogen-bond donors (Lipinski definition) is 1. The highest BCUT2D eigenvalue weighted by molar-refractivity contribution is 7.89. The molecule has 1 fully saturated rings. The molecule has 1 saturated heterocycles. The van der Waals surface area contributed by atoms with Gasteiger partial charge in [-0.3, -0.25) is 4.79 Å². The Labute approximate surface area is 167 Å². The van der Waals surface area contributed by atoms with Crippen molar-refractivity contribution in [2.75, 3.05) is 13.1 Å². The van der Waals surface area contributed by atoms with Crippen LogP contribution in [0.4, 0.5) is 0 Å². The molecule has 8 heteroatoms. The Morgan fingerprint density at radius 3 is 2.11 bits per heavy atom. The van der Waals surface area contributed by atoms with Crippen LogP contribution in [0.3, 0.4) is 0 Å². The van der Waals surface area contributed by atoms with Crippen molar-refractivity contribution in [3.8, 4) is 0 Å². The zero-order valence-electron chi connectivity index (χ0n) is 17.1. The molecule has 0 radical (unpaired) electrons. The molecule has 0 aromatic heterocycles. The summed E-state index contributed by atoms with van der Waals surface area (Å²) in [5.74, 6) is -0.427. The van der Waals surface area contributed by atoms with Crippen LogP contribution in [-0.2, 0) is 19.6 Å². The van der Waals surface area contributed by atoms with E-state index in [0.29, 0.717) is 24.9 Å². The molecule has 3 atom stereocenters. The summed E-state index contributed by atoms with van der Waals surface area (Å²) in [5, 5.41) is 2.67. The zero-order chi connectivity index (χ0) is 21.1. The molecular formula is C20H30N2O5S. The number of piperidine rings is 1. The quantitative estimate of drug-likeness (QED) is 0.727. The van der Waals surface area contributed by atoms with Crippen LogP contribution in [0.5, 0.6) is 0 Å². The lowest BCUT2D eigenvalue weighted by Crippen LogP contribution is -2.42. The SMILES string of the molecule is CC1CC(C)CN(S(=O)(=O)c2ccc(C(=O)OC(C)C(=O)NC(C)C)cc2)C1. The standard InChI is InChI=1S/C20H30N2O5S/c1-13(2)21-19(23)16(5)27-20(24)17-6-8-18(9-7-17)28(25,26)22-11-14(3)10-15(4)12-22/h6-9,13-16H,10-12H2,1-5H3,(H,21,23). The molecule has 0 spiro atoms. The maximum atomic E-state index is 12.9. The predicted molar refractivity (Wildman–Crippen MR) is 106 cm³/mol. The average Bonchev–Trinajstić information content (AvgIpc) is 2.60. The normalized spacial score (nSPS) is 21.9. The summed E-state index contributed by atoms with van der Waals surface area (Å²) in [4.78, 5) is 24.2. The maximum Gasteiger partial charge on any atom is 0.338 e. The largest absolute Gasteiger partial charge is 0.449 e. The fourth-order valence-electron chi connectivity index (χ4n) is 3.40. The van der Waals surface area contributed by atoms with E-state index in [2.05, 4.69) is 5.32 Å². The fourth-order valence-corrected chi connectivity index (χ4v) is 5.08. The van der Waals surface area contributed by atoms with Gasteiger partial charge >= 0.3 is 5.97 Å². The lowest BCUT2D eigenvalue weighted by Gasteiger charge is -2.34. The van der Waals surface area contributed by atoms with Crippen molar-refractivity contribution in [2.24, 2.45) is 11.8 Å².